The molecule has 0 bridgehead atoms. The zero-order valence-electron chi connectivity index (χ0n) is 28.5. The predicted molar refractivity (Wildman–Crippen MR) is 219 cm³/mol. The number of furan rings is 1. The van der Waals surface area contributed by atoms with Crippen LogP contribution in [0.1, 0.15) is 0 Å². The van der Waals surface area contributed by atoms with Gasteiger partial charge in [0.2, 0.25) is 0 Å². The second-order valence-corrected chi connectivity index (χ2v) is 13.6. The Balaban J connectivity index is 1.10. The third kappa shape index (κ3) is 4.80. The Bertz CT molecular complexity index is 3160. The van der Waals surface area contributed by atoms with Crippen LogP contribution in [0, 0.1) is 0 Å². The summed E-state index contributed by atoms with van der Waals surface area (Å²) in [7, 11) is 0. The van der Waals surface area contributed by atoms with Crippen LogP contribution in [0.5, 0.6) is 0 Å². The van der Waals surface area contributed by atoms with Gasteiger partial charge in [-0.2, -0.15) is 0 Å². The first-order valence-corrected chi connectivity index (χ1v) is 17.9. The highest BCUT2D eigenvalue weighted by molar-refractivity contribution is 6.20. The fourth-order valence-electron chi connectivity index (χ4n) is 7.90. The highest BCUT2D eigenvalue weighted by Gasteiger charge is 2.19. The molecule has 2 heterocycles. The van der Waals surface area contributed by atoms with Crippen molar-refractivity contribution in [3.8, 4) is 45.3 Å². The van der Waals surface area contributed by atoms with Crippen molar-refractivity contribution in [3.63, 3.8) is 0 Å². The zero-order chi connectivity index (χ0) is 34.9. The molecule has 0 amide bonds. The average molecular weight is 676 g/mol. The number of benzene rings is 9. The molecule has 9 aromatic carbocycles. The quantitative estimate of drug-likeness (QED) is 0.174. The molecule has 0 aliphatic carbocycles. The van der Waals surface area contributed by atoms with Crippen LogP contribution >= 0.6 is 0 Å². The lowest BCUT2D eigenvalue weighted by atomic mass is 9.94. The third-order valence-electron chi connectivity index (χ3n) is 10.5. The smallest absolute Gasteiger partial charge is 0.164 e. The van der Waals surface area contributed by atoms with Gasteiger partial charge in [0.25, 0.3) is 0 Å². The number of aromatic nitrogens is 3. The van der Waals surface area contributed by atoms with Crippen LogP contribution in [0.3, 0.4) is 0 Å². The van der Waals surface area contributed by atoms with Gasteiger partial charge in [0.05, 0.1) is 0 Å². The second-order valence-electron chi connectivity index (χ2n) is 13.6. The lowest BCUT2D eigenvalue weighted by molar-refractivity contribution is 0.673. The van der Waals surface area contributed by atoms with E-state index >= 15 is 0 Å². The molecule has 0 radical (unpaired) electrons. The Morgan fingerprint density at radius 1 is 0.302 bits per heavy atom. The fraction of sp³-hybridized carbons (Fsp3) is 0. The number of rotatable bonds is 4. The maximum atomic E-state index is 6.63. The Morgan fingerprint density at radius 2 is 0.849 bits per heavy atom. The van der Waals surface area contributed by atoms with Gasteiger partial charge in [-0.05, 0) is 73.1 Å². The molecule has 0 aliphatic rings. The van der Waals surface area contributed by atoms with E-state index in [2.05, 4.69) is 115 Å². The molecule has 0 atom stereocenters. The van der Waals surface area contributed by atoms with E-state index in [4.69, 9.17) is 19.4 Å². The van der Waals surface area contributed by atoms with E-state index in [0.29, 0.717) is 17.5 Å². The Morgan fingerprint density at radius 3 is 1.58 bits per heavy atom. The number of hydrogen-bond acceptors (Lipinski definition) is 4. The molecule has 11 rings (SSSR count). The van der Waals surface area contributed by atoms with Gasteiger partial charge in [-0.15, -0.1) is 0 Å². The molecule has 0 saturated carbocycles. The largest absolute Gasteiger partial charge is 0.455 e. The second kappa shape index (κ2) is 11.7. The van der Waals surface area contributed by atoms with Gasteiger partial charge in [-0.3, -0.25) is 0 Å². The summed E-state index contributed by atoms with van der Waals surface area (Å²) in [6.07, 6.45) is 0. The monoisotopic (exact) mass is 675 g/mol. The molecule has 0 saturated heterocycles. The van der Waals surface area contributed by atoms with E-state index in [1.54, 1.807) is 0 Å². The van der Waals surface area contributed by atoms with Gasteiger partial charge in [0.1, 0.15) is 11.2 Å². The number of fused-ring (bicyclic) bond motifs is 10. The molecule has 0 N–H and O–H groups in total. The maximum Gasteiger partial charge on any atom is 0.164 e. The fourth-order valence-corrected chi connectivity index (χ4v) is 7.90. The van der Waals surface area contributed by atoms with Crippen molar-refractivity contribution in [2.45, 2.75) is 0 Å². The van der Waals surface area contributed by atoms with E-state index in [1.807, 2.05) is 60.7 Å². The van der Waals surface area contributed by atoms with Crippen molar-refractivity contribution in [1.29, 1.82) is 0 Å². The first-order chi connectivity index (χ1) is 26.2. The molecule has 0 fully saturated rings. The summed E-state index contributed by atoms with van der Waals surface area (Å²) in [4.78, 5) is 15.1. The van der Waals surface area contributed by atoms with Crippen molar-refractivity contribution in [2.75, 3.05) is 0 Å². The molecule has 53 heavy (non-hydrogen) atoms. The van der Waals surface area contributed by atoms with Crippen molar-refractivity contribution in [2.24, 2.45) is 0 Å². The standard InChI is InChI=1S/C49H29N3O/c1-3-12-31(13-4-1)47-50-48(32-14-5-2-6-15-32)52-49(51-47)44-29-43-42-28-34(22-26-45(42)53-46(43)41-18-10-9-17-38(41)44)33-20-23-37-35(27-33)21-25-39-36-16-8-7-11-30(36)19-24-40(37)39/h1-29H. The minimum Gasteiger partial charge on any atom is -0.455 e. The molecule has 246 valence electrons. The van der Waals surface area contributed by atoms with Crippen molar-refractivity contribution >= 4 is 65.0 Å². The molecular weight excluding hydrogens is 647 g/mol. The van der Waals surface area contributed by atoms with Crippen LogP contribution < -0.4 is 0 Å². The zero-order valence-corrected chi connectivity index (χ0v) is 28.5. The van der Waals surface area contributed by atoms with Crippen molar-refractivity contribution in [3.05, 3.63) is 176 Å². The van der Waals surface area contributed by atoms with Gasteiger partial charge in [0.15, 0.2) is 17.5 Å². The molecule has 4 nitrogen and oxygen atoms in total. The van der Waals surface area contributed by atoms with Gasteiger partial charge in [-0.25, -0.2) is 15.0 Å². The van der Waals surface area contributed by atoms with E-state index in [0.717, 1.165) is 60.5 Å². The summed E-state index contributed by atoms with van der Waals surface area (Å²) in [5.41, 5.74) is 6.80. The molecule has 0 unspecified atom stereocenters. The summed E-state index contributed by atoms with van der Waals surface area (Å²) in [6, 6.07) is 61.7. The first-order valence-electron chi connectivity index (χ1n) is 17.9. The summed E-state index contributed by atoms with van der Waals surface area (Å²) >= 11 is 0. The van der Waals surface area contributed by atoms with Crippen LogP contribution in [0.2, 0.25) is 0 Å². The SMILES string of the molecule is c1ccc(-c2nc(-c3ccccc3)nc(-c3cc4c5cc(-c6ccc7c(ccc8c9ccccc9ccc78)c6)ccc5oc4c4ccccc34)n2)cc1. The Labute approximate surface area is 304 Å². The topological polar surface area (TPSA) is 51.8 Å². The Hall–Kier alpha value is -7.17. The highest BCUT2D eigenvalue weighted by atomic mass is 16.3. The van der Waals surface area contributed by atoms with Crippen LogP contribution in [-0.4, -0.2) is 15.0 Å². The molecular formula is C49H29N3O. The van der Waals surface area contributed by atoms with Gasteiger partial charge >= 0.3 is 0 Å². The maximum absolute atomic E-state index is 6.63. The van der Waals surface area contributed by atoms with E-state index in [1.165, 1.54) is 32.3 Å². The lowest BCUT2D eigenvalue weighted by Gasteiger charge is -2.11. The molecule has 0 aliphatic heterocycles. The summed E-state index contributed by atoms with van der Waals surface area (Å²) in [6.45, 7) is 0. The van der Waals surface area contributed by atoms with Gasteiger partial charge < -0.3 is 4.42 Å². The normalized spacial score (nSPS) is 11.8. The highest BCUT2D eigenvalue weighted by Crippen LogP contribution is 2.41. The number of nitrogens with zero attached hydrogens (tertiary/aromatic N) is 3. The van der Waals surface area contributed by atoms with Crippen LogP contribution in [0.15, 0.2) is 180 Å². The number of hydrogen-bond donors (Lipinski definition) is 0. The molecule has 4 heteroatoms. The first kappa shape index (κ1) is 29.5. The van der Waals surface area contributed by atoms with Crippen LogP contribution in [0.4, 0.5) is 0 Å². The Kier molecular flexibility index (Phi) is 6.52. The summed E-state index contributed by atoms with van der Waals surface area (Å²) < 4.78 is 6.63. The minimum atomic E-state index is 0.621. The predicted octanol–water partition coefficient (Wildman–Crippen LogP) is 13.1. The van der Waals surface area contributed by atoms with Crippen LogP contribution in [0.25, 0.3) is 110 Å². The van der Waals surface area contributed by atoms with Gasteiger partial charge in [0, 0.05) is 32.8 Å². The molecule has 2 aromatic heterocycles. The van der Waals surface area contributed by atoms with Crippen molar-refractivity contribution < 1.29 is 4.42 Å². The van der Waals surface area contributed by atoms with E-state index in [9.17, 15) is 0 Å². The molecule has 11 aromatic rings. The summed E-state index contributed by atoms with van der Waals surface area (Å²) in [5.74, 6) is 1.89. The lowest BCUT2D eigenvalue weighted by Crippen LogP contribution is -2.00. The van der Waals surface area contributed by atoms with Crippen LogP contribution in [-0.2, 0) is 0 Å². The van der Waals surface area contributed by atoms with E-state index < -0.39 is 0 Å². The van der Waals surface area contributed by atoms with Gasteiger partial charge in [-0.1, -0.05) is 152 Å². The molecule has 0 spiro atoms. The van der Waals surface area contributed by atoms with Crippen molar-refractivity contribution in [1.82, 2.24) is 15.0 Å². The third-order valence-corrected chi connectivity index (χ3v) is 10.5. The minimum absolute atomic E-state index is 0.621. The average Bonchev–Trinajstić information content (AvgIpc) is 3.61. The summed E-state index contributed by atoms with van der Waals surface area (Å²) in [5, 5.41) is 11.7. The van der Waals surface area contributed by atoms with E-state index in [-0.39, 0.29) is 0 Å².